The van der Waals surface area contributed by atoms with Crippen LogP contribution in [0.4, 0.5) is 11.6 Å². The zero-order chi connectivity index (χ0) is 22.5. The first-order valence-electron chi connectivity index (χ1n) is 9.39. The van der Waals surface area contributed by atoms with Gasteiger partial charge in [-0.15, -0.1) is 5.10 Å². The SMILES string of the molecule is O=C(Nc1ncn(Cc2ccccc2Cl)n1)c1ccc(COc2ccccc2[N+](=O)[O-])o1. The number of nitrogens with zero attached hydrogens (tertiary/aromatic N) is 4. The number of para-hydroxylation sites is 2. The minimum absolute atomic E-state index is 0.0219. The van der Waals surface area contributed by atoms with Crippen LogP contribution >= 0.6 is 11.6 Å². The minimum Gasteiger partial charge on any atom is -0.479 e. The van der Waals surface area contributed by atoms with E-state index in [0.29, 0.717) is 17.3 Å². The summed E-state index contributed by atoms with van der Waals surface area (Å²) in [6.45, 7) is 0.319. The Bertz CT molecular complexity index is 1270. The van der Waals surface area contributed by atoms with Crippen LogP contribution in [-0.4, -0.2) is 25.6 Å². The molecule has 0 radical (unpaired) electrons. The van der Waals surface area contributed by atoms with Crippen molar-refractivity contribution in [1.29, 1.82) is 0 Å². The average molecular weight is 454 g/mol. The highest BCUT2D eigenvalue weighted by molar-refractivity contribution is 6.31. The van der Waals surface area contributed by atoms with Crippen LogP contribution in [-0.2, 0) is 13.2 Å². The number of rotatable bonds is 8. The molecule has 0 aliphatic rings. The fourth-order valence-electron chi connectivity index (χ4n) is 2.85. The van der Waals surface area contributed by atoms with Gasteiger partial charge in [0.15, 0.2) is 11.5 Å². The number of nitro groups is 1. The number of hydrogen-bond acceptors (Lipinski definition) is 7. The Labute approximate surface area is 186 Å². The number of carbonyl (C=O) groups is 1. The number of nitro benzene ring substituents is 1. The summed E-state index contributed by atoms with van der Waals surface area (Å²) in [5.41, 5.74) is 0.710. The fourth-order valence-corrected chi connectivity index (χ4v) is 3.04. The van der Waals surface area contributed by atoms with Crippen molar-refractivity contribution in [3.05, 3.63) is 99.2 Å². The number of halogens is 1. The van der Waals surface area contributed by atoms with Crippen molar-refractivity contribution in [3.63, 3.8) is 0 Å². The number of aromatic nitrogens is 3. The van der Waals surface area contributed by atoms with Crippen molar-refractivity contribution in [2.45, 2.75) is 13.2 Å². The van der Waals surface area contributed by atoms with Crippen LogP contribution in [0.3, 0.4) is 0 Å². The van der Waals surface area contributed by atoms with E-state index in [1.807, 2.05) is 18.2 Å². The van der Waals surface area contributed by atoms with E-state index in [4.69, 9.17) is 20.8 Å². The number of furan rings is 1. The van der Waals surface area contributed by atoms with Gasteiger partial charge in [-0.3, -0.25) is 20.2 Å². The van der Waals surface area contributed by atoms with Crippen LogP contribution < -0.4 is 10.1 Å². The lowest BCUT2D eigenvalue weighted by Gasteiger charge is -2.04. The van der Waals surface area contributed by atoms with Crippen LogP contribution in [0.25, 0.3) is 0 Å². The maximum absolute atomic E-state index is 12.4. The summed E-state index contributed by atoms with van der Waals surface area (Å²) in [6.07, 6.45) is 1.48. The minimum atomic E-state index is -0.544. The Hall–Kier alpha value is -4.18. The highest BCUT2D eigenvalue weighted by atomic mass is 35.5. The second-order valence-corrected chi connectivity index (χ2v) is 7.00. The van der Waals surface area contributed by atoms with Crippen LogP contribution in [0.15, 0.2) is 71.4 Å². The Balaban J connectivity index is 1.36. The van der Waals surface area contributed by atoms with Crippen molar-refractivity contribution in [2.75, 3.05) is 5.32 Å². The van der Waals surface area contributed by atoms with Gasteiger partial charge in [0.25, 0.3) is 5.91 Å². The van der Waals surface area contributed by atoms with Gasteiger partial charge in [-0.25, -0.2) is 9.67 Å². The number of anilines is 1. The van der Waals surface area contributed by atoms with Gasteiger partial charge in [-0.05, 0) is 29.8 Å². The smallest absolute Gasteiger partial charge is 0.310 e. The van der Waals surface area contributed by atoms with Crippen molar-refractivity contribution < 1.29 is 18.9 Å². The van der Waals surface area contributed by atoms with Crippen LogP contribution in [0.5, 0.6) is 5.75 Å². The summed E-state index contributed by atoms with van der Waals surface area (Å²) in [5.74, 6) is 0.0147. The third kappa shape index (κ3) is 4.93. The molecular weight excluding hydrogens is 438 g/mol. The van der Waals surface area contributed by atoms with E-state index in [1.54, 1.807) is 28.9 Å². The van der Waals surface area contributed by atoms with E-state index in [2.05, 4.69) is 15.4 Å². The molecule has 1 amide bonds. The van der Waals surface area contributed by atoms with E-state index < -0.39 is 10.8 Å². The van der Waals surface area contributed by atoms with Crippen molar-refractivity contribution >= 4 is 29.1 Å². The number of nitrogens with one attached hydrogen (secondary N) is 1. The van der Waals surface area contributed by atoms with E-state index in [-0.39, 0.29) is 29.8 Å². The summed E-state index contributed by atoms with van der Waals surface area (Å²) in [4.78, 5) is 27.0. The molecule has 0 saturated heterocycles. The monoisotopic (exact) mass is 453 g/mol. The molecule has 4 aromatic rings. The van der Waals surface area contributed by atoms with Gasteiger partial charge >= 0.3 is 5.69 Å². The van der Waals surface area contributed by atoms with Crippen molar-refractivity contribution in [3.8, 4) is 5.75 Å². The highest BCUT2D eigenvalue weighted by Gasteiger charge is 2.17. The molecule has 4 rings (SSSR count). The summed E-state index contributed by atoms with van der Waals surface area (Å²) < 4.78 is 12.5. The molecule has 0 bridgehead atoms. The van der Waals surface area contributed by atoms with Gasteiger partial charge in [0, 0.05) is 11.1 Å². The van der Waals surface area contributed by atoms with Gasteiger partial charge in [0.1, 0.15) is 18.7 Å². The third-order valence-electron chi connectivity index (χ3n) is 4.37. The number of carbonyl (C=O) groups excluding carboxylic acids is 1. The highest BCUT2D eigenvalue weighted by Crippen LogP contribution is 2.27. The lowest BCUT2D eigenvalue weighted by molar-refractivity contribution is -0.386. The first-order chi connectivity index (χ1) is 15.5. The largest absolute Gasteiger partial charge is 0.479 e. The van der Waals surface area contributed by atoms with E-state index >= 15 is 0 Å². The molecule has 0 fully saturated rings. The molecule has 32 heavy (non-hydrogen) atoms. The number of ether oxygens (including phenoxy) is 1. The Kier molecular flexibility index (Phi) is 6.13. The lowest BCUT2D eigenvalue weighted by Crippen LogP contribution is -2.12. The number of hydrogen-bond donors (Lipinski definition) is 1. The molecule has 2 aromatic carbocycles. The molecule has 0 saturated carbocycles. The maximum atomic E-state index is 12.4. The molecular formula is C21H16ClN5O5. The normalized spacial score (nSPS) is 10.7. The summed E-state index contributed by atoms with van der Waals surface area (Å²) in [5, 5.41) is 18.4. The average Bonchev–Trinajstić information content (AvgIpc) is 3.44. The molecule has 2 aromatic heterocycles. The van der Waals surface area contributed by atoms with Gasteiger partial charge in [0.05, 0.1) is 11.5 Å². The number of benzene rings is 2. The third-order valence-corrected chi connectivity index (χ3v) is 4.74. The van der Waals surface area contributed by atoms with Gasteiger partial charge in [-0.1, -0.05) is 41.9 Å². The lowest BCUT2D eigenvalue weighted by atomic mass is 10.2. The quantitative estimate of drug-likeness (QED) is 0.311. The molecule has 11 heteroatoms. The molecule has 0 spiro atoms. The molecule has 0 aliphatic carbocycles. The Morgan fingerprint density at radius 3 is 2.75 bits per heavy atom. The van der Waals surface area contributed by atoms with Gasteiger partial charge in [0.2, 0.25) is 5.95 Å². The van der Waals surface area contributed by atoms with E-state index in [0.717, 1.165) is 5.56 Å². The molecule has 10 nitrogen and oxygen atoms in total. The van der Waals surface area contributed by atoms with Crippen LogP contribution in [0, 0.1) is 10.1 Å². The van der Waals surface area contributed by atoms with Crippen LogP contribution in [0.2, 0.25) is 5.02 Å². The van der Waals surface area contributed by atoms with E-state index in [9.17, 15) is 14.9 Å². The Morgan fingerprint density at radius 1 is 1.16 bits per heavy atom. The van der Waals surface area contributed by atoms with Crippen molar-refractivity contribution in [2.24, 2.45) is 0 Å². The first kappa shape index (κ1) is 21.1. The predicted octanol–water partition coefficient (Wildman–Crippen LogP) is 4.31. The second kappa shape index (κ2) is 9.31. The predicted molar refractivity (Wildman–Crippen MR) is 115 cm³/mol. The van der Waals surface area contributed by atoms with E-state index in [1.165, 1.54) is 24.5 Å². The van der Waals surface area contributed by atoms with Gasteiger partial charge < -0.3 is 9.15 Å². The maximum Gasteiger partial charge on any atom is 0.310 e. The van der Waals surface area contributed by atoms with Gasteiger partial charge in [-0.2, -0.15) is 0 Å². The summed E-state index contributed by atoms with van der Waals surface area (Å²) >= 11 is 6.15. The fraction of sp³-hybridized carbons (Fsp3) is 0.0952. The molecule has 162 valence electrons. The molecule has 0 atom stereocenters. The first-order valence-corrected chi connectivity index (χ1v) is 9.76. The number of amides is 1. The molecule has 0 unspecified atom stereocenters. The van der Waals surface area contributed by atoms with Crippen molar-refractivity contribution in [1.82, 2.24) is 14.8 Å². The Morgan fingerprint density at radius 2 is 1.94 bits per heavy atom. The summed E-state index contributed by atoms with van der Waals surface area (Å²) in [6, 6.07) is 16.4. The summed E-state index contributed by atoms with van der Waals surface area (Å²) in [7, 11) is 0. The van der Waals surface area contributed by atoms with Crippen LogP contribution in [0.1, 0.15) is 21.9 Å². The molecule has 1 N–H and O–H groups in total. The topological polar surface area (TPSA) is 125 Å². The molecule has 0 aliphatic heterocycles. The molecule has 2 heterocycles. The standard InChI is InChI=1S/C21H16ClN5O5/c22-16-6-2-1-5-14(16)11-26-13-23-21(25-26)24-20(28)19-10-9-15(32-19)12-31-18-8-4-3-7-17(18)27(29)30/h1-10,13H,11-12H2,(H,24,25,28). The zero-order valence-electron chi connectivity index (χ0n) is 16.5. The second-order valence-electron chi connectivity index (χ2n) is 6.59. The zero-order valence-corrected chi connectivity index (χ0v) is 17.2.